The summed E-state index contributed by atoms with van der Waals surface area (Å²) in [5, 5.41) is 6.14. The molecule has 2 N–H and O–H groups in total. The van der Waals surface area contributed by atoms with Gasteiger partial charge in [0.15, 0.2) is 0 Å². The molecule has 10 heavy (non-hydrogen) atoms. The summed E-state index contributed by atoms with van der Waals surface area (Å²) in [6, 6.07) is 0. The lowest BCUT2D eigenvalue weighted by Gasteiger charge is -2.45. The largest absolute Gasteiger partial charge is 0.353 e. The van der Waals surface area contributed by atoms with E-state index in [0.29, 0.717) is 12.1 Å². The number of rotatable bonds is 0. The molecule has 0 radical (unpaired) electrons. The van der Waals surface area contributed by atoms with Crippen LogP contribution in [0, 0.1) is 0 Å². The molecule has 0 aromatic heterocycles. The van der Waals surface area contributed by atoms with E-state index in [4.69, 9.17) is 0 Å². The fraction of sp³-hybridized carbons (Fsp3) is 0.857. The van der Waals surface area contributed by atoms with Crippen LogP contribution in [-0.2, 0) is 4.79 Å². The maximum absolute atomic E-state index is 10.7. The van der Waals surface area contributed by atoms with Gasteiger partial charge < -0.3 is 10.6 Å². The van der Waals surface area contributed by atoms with Crippen LogP contribution in [0.25, 0.3) is 0 Å². The molecule has 0 atom stereocenters. The second-order valence-electron chi connectivity index (χ2n) is 3.26. The van der Waals surface area contributed by atoms with Crippen molar-refractivity contribution in [1.82, 2.24) is 10.6 Å². The molecule has 1 saturated heterocycles. The Morgan fingerprint density at radius 3 is 2.60 bits per heavy atom. The minimum Gasteiger partial charge on any atom is -0.353 e. The molecule has 3 nitrogen and oxygen atoms in total. The van der Waals surface area contributed by atoms with E-state index >= 15 is 0 Å². The normalized spacial score (nSPS) is 29.4. The molecule has 1 heterocycles. The van der Waals surface area contributed by atoms with Gasteiger partial charge in [-0.2, -0.15) is 0 Å². The summed E-state index contributed by atoms with van der Waals surface area (Å²) in [5.41, 5.74) is 0.300. The Bertz CT molecular complexity index is 151. The van der Waals surface area contributed by atoms with E-state index in [1.807, 2.05) is 0 Å². The highest BCUT2D eigenvalue weighted by Crippen LogP contribution is 2.31. The summed E-state index contributed by atoms with van der Waals surface area (Å²) in [6.45, 7) is 1.35. The van der Waals surface area contributed by atoms with E-state index in [2.05, 4.69) is 10.6 Å². The van der Waals surface area contributed by atoms with E-state index in [1.54, 1.807) is 0 Å². The highest BCUT2D eigenvalue weighted by atomic mass is 16.2. The Balaban J connectivity index is 1.96. The first-order valence-corrected chi connectivity index (χ1v) is 3.83. The third kappa shape index (κ3) is 0.814. The lowest BCUT2D eigenvalue weighted by molar-refractivity contribution is -0.123. The Kier molecular flexibility index (Phi) is 1.20. The minimum absolute atomic E-state index is 0.137. The van der Waals surface area contributed by atoms with Gasteiger partial charge in [0, 0.05) is 12.1 Å². The van der Waals surface area contributed by atoms with Crippen LogP contribution in [0.3, 0.4) is 0 Å². The van der Waals surface area contributed by atoms with Gasteiger partial charge in [-0.3, -0.25) is 4.79 Å². The number of hydrogen-bond donors (Lipinski definition) is 2. The van der Waals surface area contributed by atoms with E-state index in [0.717, 1.165) is 6.54 Å². The molecule has 1 amide bonds. The van der Waals surface area contributed by atoms with Crippen LogP contribution in [0.15, 0.2) is 0 Å². The van der Waals surface area contributed by atoms with Gasteiger partial charge in [-0.1, -0.05) is 0 Å². The van der Waals surface area contributed by atoms with Crippen LogP contribution < -0.4 is 10.6 Å². The molecule has 0 aromatic carbocycles. The number of nitrogens with one attached hydrogen (secondary N) is 2. The van der Waals surface area contributed by atoms with Gasteiger partial charge >= 0.3 is 0 Å². The minimum atomic E-state index is 0.137. The van der Waals surface area contributed by atoms with Crippen molar-refractivity contribution in [2.75, 3.05) is 13.1 Å². The molecular formula is C7H12N2O. The van der Waals surface area contributed by atoms with Crippen LogP contribution in [0.2, 0.25) is 0 Å². The summed E-state index contributed by atoms with van der Waals surface area (Å²) >= 11 is 0. The molecule has 56 valence electrons. The van der Waals surface area contributed by atoms with E-state index in [-0.39, 0.29) is 5.91 Å². The van der Waals surface area contributed by atoms with Crippen molar-refractivity contribution in [3.8, 4) is 0 Å². The zero-order chi connectivity index (χ0) is 7.03. The lowest BCUT2D eigenvalue weighted by Crippen LogP contribution is -2.64. The average molecular weight is 140 g/mol. The van der Waals surface area contributed by atoms with Gasteiger partial charge in [0.25, 0.3) is 0 Å². The first kappa shape index (κ1) is 6.16. The second-order valence-corrected chi connectivity index (χ2v) is 3.26. The Morgan fingerprint density at radius 1 is 1.40 bits per heavy atom. The zero-order valence-corrected chi connectivity index (χ0v) is 5.94. The summed E-state index contributed by atoms with van der Waals surface area (Å²) in [4.78, 5) is 10.7. The van der Waals surface area contributed by atoms with Crippen LogP contribution in [0.5, 0.6) is 0 Å². The topological polar surface area (TPSA) is 41.1 Å². The number of piperazine rings is 1. The standard InChI is InChI=1S/C7H12N2O/c10-6-4-9-7(5-8-6)2-1-3-7/h9H,1-5H2,(H,8,10). The lowest BCUT2D eigenvalue weighted by atomic mass is 9.76. The first-order valence-electron chi connectivity index (χ1n) is 3.83. The molecule has 1 aliphatic heterocycles. The Labute approximate surface area is 60.2 Å². The maximum Gasteiger partial charge on any atom is 0.234 e. The summed E-state index contributed by atoms with van der Waals surface area (Å²) in [7, 11) is 0. The Morgan fingerprint density at radius 2 is 2.20 bits per heavy atom. The zero-order valence-electron chi connectivity index (χ0n) is 5.94. The highest BCUT2D eigenvalue weighted by molar-refractivity contribution is 5.79. The number of carbonyl (C=O) groups excluding carboxylic acids is 1. The fourth-order valence-corrected chi connectivity index (χ4v) is 1.62. The Hall–Kier alpha value is -0.570. The van der Waals surface area contributed by atoms with Gasteiger partial charge in [-0.15, -0.1) is 0 Å². The molecule has 3 heteroatoms. The molecule has 2 fully saturated rings. The predicted molar refractivity (Wildman–Crippen MR) is 37.6 cm³/mol. The summed E-state index contributed by atoms with van der Waals surface area (Å²) < 4.78 is 0. The van der Waals surface area contributed by atoms with Crippen LogP contribution >= 0.6 is 0 Å². The van der Waals surface area contributed by atoms with Gasteiger partial charge in [-0.05, 0) is 19.3 Å². The molecule has 2 aliphatic rings. The fourth-order valence-electron chi connectivity index (χ4n) is 1.62. The molecule has 0 aromatic rings. The third-order valence-electron chi connectivity index (χ3n) is 2.56. The van der Waals surface area contributed by atoms with Crippen LogP contribution in [0.4, 0.5) is 0 Å². The first-order chi connectivity index (χ1) is 4.81. The monoisotopic (exact) mass is 140 g/mol. The molecule has 2 rings (SSSR count). The van der Waals surface area contributed by atoms with Gasteiger partial charge in [-0.25, -0.2) is 0 Å². The van der Waals surface area contributed by atoms with E-state index in [1.165, 1.54) is 19.3 Å². The highest BCUT2D eigenvalue weighted by Gasteiger charge is 2.39. The quantitative estimate of drug-likeness (QED) is 0.482. The molecular weight excluding hydrogens is 128 g/mol. The van der Waals surface area contributed by atoms with Crippen molar-refractivity contribution in [2.45, 2.75) is 24.8 Å². The number of amides is 1. The molecule has 1 saturated carbocycles. The summed E-state index contributed by atoms with van der Waals surface area (Å²) in [6.07, 6.45) is 3.77. The van der Waals surface area contributed by atoms with Gasteiger partial charge in [0.2, 0.25) is 5.91 Å². The van der Waals surface area contributed by atoms with Crippen molar-refractivity contribution < 1.29 is 4.79 Å². The van der Waals surface area contributed by atoms with Crippen LogP contribution in [0.1, 0.15) is 19.3 Å². The van der Waals surface area contributed by atoms with Crippen molar-refractivity contribution in [1.29, 1.82) is 0 Å². The smallest absolute Gasteiger partial charge is 0.234 e. The summed E-state index contributed by atoms with van der Waals surface area (Å²) in [5.74, 6) is 0.137. The third-order valence-corrected chi connectivity index (χ3v) is 2.56. The maximum atomic E-state index is 10.7. The van der Waals surface area contributed by atoms with E-state index in [9.17, 15) is 4.79 Å². The number of carbonyl (C=O) groups is 1. The van der Waals surface area contributed by atoms with Crippen LogP contribution in [-0.4, -0.2) is 24.5 Å². The molecule has 0 bridgehead atoms. The molecule has 0 unspecified atom stereocenters. The average Bonchev–Trinajstić information content (AvgIpc) is 1.86. The molecule has 1 spiro atoms. The molecule has 1 aliphatic carbocycles. The van der Waals surface area contributed by atoms with Gasteiger partial charge in [0.05, 0.1) is 6.54 Å². The van der Waals surface area contributed by atoms with Crippen molar-refractivity contribution in [3.05, 3.63) is 0 Å². The van der Waals surface area contributed by atoms with Gasteiger partial charge in [0.1, 0.15) is 0 Å². The predicted octanol–water partition coefficient (Wildman–Crippen LogP) is -0.372. The van der Waals surface area contributed by atoms with Crippen molar-refractivity contribution >= 4 is 5.91 Å². The van der Waals surface area contributed by atoms with Crippen molar-refractivity contribution in [2.24, 2.45) is 0 Å². The number of hydrogen-bond acceptors (Lipinski definition) is 2. The van der Waals surface area contributed by atoms with E-state index < -0.39 is 0 Å². The SMILES string of the molecule is O=C1CNC2(CCC2)CN1. The second kappa shape index (κ2) is 1.95. The van der Waals surface area contributed by atoms with Crippen molar-refractivity contribution in [3.63, 3.8) is 0 Å².